The van der Waals surface area contributed by atoms with Crippen LogP contribution in [0.3, 0.4) is 0 Å². The molecule has 0 aliphatic carbocycles. The molecule has 3 aromatic carbocycles. The number of nitrogens with two attached hydrogens (primary N) is 1. The van der Waals surface area contributed by atoms with Gasteiger partial charge in [-0.1, -0.05) is 30.0 Å². The number of aromatic nitrogens is 4. The molecule has 1 unspecified atom stereocenters. The maximum Gasteiger partial charge on any atom is 0.238 e. The van der Waals surface area contributed by atoms with E-state index < -0.39 is 15.3 Å². The van der Waals surface area contributed by atoms with E-state index >= 15 is 0 Å². The summed E-state index contributed by atoms with van der Waals surface area (Å²) in [5.41, 5.74) is 3.12. The topological polar surface area (TPSA) is 145 Å². The number of thioether (sulfide) groups is 1. The third-order valence-electron chi connectivity index (χ3n) is 5.97. The zero-order valence-electron chi connectivity index (χ0n) is 21.2. The number of carbonyl (C=O) groups excluding carboxylic acids is 1. The molecule has 0 radical (unpaired) electrons. The Hall–Kier alpha value is -4.13. The van der Waals surface area contributed by atoms with Gasteiger partial charge in [-0.3, -0.25) is 9.36 Å². The maximum absolute atomic E-state index is 13.0. The molecule has 1 atom stereocenters. The predicted molar refractivity (Wildman–Crippen MR) is 152 cm³/mol. The molecule has 0 saturated carbocycles. The molecule has 0 aliphatic heterocycles. The number of nitrogens with one attached hydrogen (secondary N) is 2. The molecule has 39 heavy (non-hydrogen) atoms. The second-order valence-corrected chi connectivity index (χ2v) is 11.5. The van der Waals surface area contributed by atoms with Crippen molar-refractivity contribution in [3.05, 3.63) is 79.0 Å². The second kappa shape index (κ2) is 10.9. The number of ether oxygens (including phenoxy) is 1. The van der Waals surface area contributed by atoms with Gasteiger partial charge in [0, 0.05) is 34.0 Å². The van der Waals surface area contributed by atoms with E-state index in [1.807, 2.05) is 66.2 Å². The molecule has 0 spiro atoms. The van der Waals surface area contributed by atoms with Crippen LogP contribution in [0.15, 0.2) is 89.0 Å². The van der Waals surface area contributed by atoms with Crippen molar-refractivity contribution in [2.45, 2.75) is 29.1 Å². The third kappa shape index (κ3) is 5.67. The molecule has 0 saturated heterocycles. The van der Waals surface area contributed by atoms with Gasteiger partial charge in [0.25, 0.3) is 0 Å². The Bertz CT molecular complexity index is 1730. The highest BCUT2D eigenvalue weighted by Crippen LogP contribution is 2.34. The van der Waals surface area contributed by atoms with E-state index in [1.54, 1.807) is 6.92 Å². The molecule has 5 rings (SSSR count). The van der Waals surface area contributed by atoms with Crippen molar-refractivity contribution in [3.8, 4) is 22.8 Å². The molecule has 0 bridgehead atoms. The molecular weight excluding hydrogens is 536 g/mol. The lowest BCUT2D eigenvalue weighted by molar-refractivity contribution is -0.115. The molecule has 200 valence electrons. The van der Waals surface area contributed by atoms with Gasteiger partial charge in [0.1, 0.15) is 5.75 Å². The van der Waals surface area contributed by atoms with E-state index in [0.717, 1.165) is 27.9 Å². The van der Waals surface area contributed by atoms with Gasteiger partial charge >= 0.3 is 0 Å². The van der Waals surface area contributed by atoms with E-state index in [4.69, 9.17) is 9.88 Å². The standard InChI is InChI=1S/C27H26N6O4S2/c1-3-37-20-12-10-19(11-13-20)33-25(23-16-29-24-7-5-4-6-22(23)24)31-32-27(33)38-17(2)26(34)30-18-8-14-21(15-9-18)39(28,35)36/h4-17,29H,3H2,1-2H3,(H,30,34)(H2,28,35,36). The quantitative estimate of drug-likeness (QED) is 0.223. The first kappa shape index (κ1) is 26.5. The average Bonchev–Trinajstić information content (AvgIpc) is 3.53. The monoisotopic (exact) mass is 562 g/mol. The number of rotatable bonds is 9. The highest BCUT2D eigenvalue weighted by Gasteiger charge is 2.23. The number of anilines is 1. The van der Waals surface area contributed by atoms with Crippen LogP contribution in [0, 0.1) is 0 Å². The Kier molecular flexibility index (Phi) is 7.42. The van der Waals surface area contributed by atoms with Gasteiger partial charge in [-0.15, -0.1) is 10.2 Å². The normalized spacial score (nSPS) is 12.4. The summed E-state index contributed by atoms with van der Waals surface area (Å²) in [7, 11) is -3.82. The largest absolute Gasteiger partial charge is 0.494 e. The number of carbonyl (C=O) groups is 1. The minimum atomic E-state index is -3.82. The fourth-order valence-corrected chi connectivity index (χ4v) is 5.43. The molecule has 12 heteroatoms. The van der Waals surface area contributed by atoms with Gasteiger partial charge in [0.05, 0.1) is 16.8 Å². The Balaban J connectivity index is 1.45. The second-order valence-electron chi connectivity index (χ2n) is 8.64. The third-order valence-corrected chi connectivity index (χ3v) is 7.94. The highest BCUT2D eigenvalue weighted by atomic mass is 32.2. The van der Waals surface area contributed by atoms with Gasteiger partial charge in [0.15, 0.2) is 11.0 Å². The summed E-state index contributed by atoms with van der Waals surface area (Å²) in [6.45, 7) is 4.25. The van der Waals surface area contributed by atoms with E-state index in [9.17, 15) is 13.2 Å². The first-order valence-corrected chi connectivity index (χ1v) is 14.5. The summed E-state index contributed by atoms with van der Waals surface area (Å²) in [6, 6.07) is 21.2. The number of hydrogen-bond acceptors (Lipinski definition) is 7. The fraction of sp³-hybridized carbons (Fsp3) is 0.148. The van der Waals surface area contributed by atoms with E-state index in [-0.39, 0.29) is 10.8 Å². The minimum absolute atomic E-state index is 0.0313. The van der Waals surface area contributed by atoms with E-state index in [2.05, 4.69) is 20.5 Å². The molecule has 1 amide bonds. The fourth-order valence-electron chi connectivity index (χ4n) is 4.05. The van der Waals surface area contributed by atoms with Gasteiger partial charge < -0.3 is 15.0 Å². The number of amides is 1. The zero-order chi connectivity index (χ0) is 27.6. The number of sulfonamides is 1. The van der Waals surface area contributed by atoms with Crippen LogP contribution in [0.4, 0.5) is 5.69 Å². The Morgan fingerprint density at radius 2 is 1.79 bits per heavy atom. The number of benzene rings is 3. The first-order chi connectivity index (χ1) is 18.7. The maximum atomic E-state index is 13.0. The Labute approximate surface area is 229 Å². The summed E-state index contributed by atoms with van der Waals surface area (Å²) >= 11 is 1.26. The van der Waals surface area contributed by atoms with Crippen LogP contribution in [0.2, 0.25) is 0 Å². The molecular formula is C27H26N6O4S2. The zero-order valence-corrected chi connectivity index (χ0v) is 22.8. The van der Waals surface area contributed by atoms with Crippen molar-refractivity contribution >= 4 is 44.3 Å². The van der Waals surface area contributed by atoms with Crippen LogP contribution >= 0.6 is 11.8 Å². The molecule has 10 nitrogen and oxygen atoms in total. The molecule has 0 aliphatic rings. The van der Waals surface area contributed by atoms with Crippen molar-refractivity contribution in [3.63, 3.8) is 0 Å². The summed E-state index contributed by atoms with van der Waals surface area (Å²) in [4.78, 5) is 16.3. The molecule has 0 fully saturated rings. The molecule has 5 aromatic rings. The van der Waals surface area contributed by atoms with Crippen molar-refractivity contribution in [1.82, 2.24) is 19.7 Å². The van der Waals surface area contributed by atoms with Crippen LogP contribution < -0.4 is 15.2 Å². The van der Waals surface area contributed by atoms with Gasteiger partial charge in [-0.2, -0.15) is 0 Å². The van der Waals surface area contributed by atoms with Crippen LogP contribution in [0.5, 0.6) is 5.75 Å². The van der Waals surface area contributed by atoms with Gasteiger partial charge in [-0.25, -0.2) is 13.6 Å². The smallest absolute Gasteiger partial charge is 0.238 e. The summed E-state index contributed by atoms with van der Waals surface area (Å²) in [5, 5.41) is 17.9. The number of fused-ring (bicyclic) bond motifs is 1. The SMILES string of the molecule is CCOc1ccc(-n2c(SC(C)C(=O)Nc3ccc(S(N)(=O)=O)cc3)nnc2-c2c[nH]c3ccccc23)cc1. The summed E-state index contributed by atoms with van der Waals surface area (Å²) < 4.78 is 30.5. The van der Waals surface area contributed by atoms with Crippen molar-refractivity contribution in [2.75, 3.05) is 11.9 Å². The van der Waals surface area contributed by atoms with Crippen LogP contribution in [-0.4, -0.2) is 45.9 Å². The predicted octanol–water partition coefficient (Wildman–Crippen LogP) is 4.58. The van der Waals surface area contributed by atoms with Crippen LogP contribution in [-0.2, 0) is 14.8 Å². The summed E-state index contributed by atoms with van der Waals surface area (Å²) in [5.74, 6) is 1.10. The summed E-state index contributed by atoms with van der Waals surface area (Å²) in [6.07, 6.45) is 1.90. The van der Waals surface area contributed by atoms with E-state index in [1.165, 1.54) is 36.0 Å². The van der Waals surface area contributed by atoms with E-state index in [0.29, 0.717) is 23.3 Å². The number of H-pyrrole nitrogens is 1. The highest BCUT2D eigenvalue weighted by molar-refractivity contribution is 8.00. The Morgan fingerprint density at radius 3 is 2.49 bits per heavy atom. The van der Waals surface area contributed by atoms with Crippen molar-refractivity contribution < 1.29 is 17.9 Å². The van der Waals surface area contributed by atoms with Crippen LogP contribution in [0.25, 0.3) is 28.0 Å². The molecule has 4 N–H and O–H groups in total. The first-order valence-electron chi connectivity index (χ1n) is 12.1. The number of hydrogen-bond donors (Lipinski definition) is 3. The van der Waals surface area contributed by atoms with Crippen LogP contribution in [0.1, 0.15) is 13.8 Å². The average molecular weight is 563 g/mol. The number of aromatic amines is 1. The lowest BCUT2D eigenvalue weighted by Gasteiger charge is -2.14. The number of primary sulfonamides is 1. The molecule has 2 aromatic heterocycles. The molecule has 2 heterocycles. The minimum Gasteiger partial charge on any atom is -0.494 e. The Morgan fingerprint density at radius 1 is 1.08 bits per heavy atom. The van der Waals surface area contributed by atoms with Gasteiger partial charge in [-0.05, 0) is 68.4 Å². The number of nitrogens with zero attached hydrogens (tertiary/aromatic N) is 3. The van der Waals surface area contributed by atoms with Gasteiger partial charge in [0.2, 0.25) is 15.9 Å². The lowest BCUT2D eigenvalue weighted by atomic mass is 10.1. The lowest BCUT2D eigenvalue weighted by Crippen LogP contribution is -2.23. The van der Waals surface area contributed by atoms with Crippen molar-refractivity contribution in [2.24, 2.45) is 5.14 Å². The number of para-hydroxylation sites is 1. The van der Waals surface area contributed by atoms with Crippen molar-refractivity contribution in [1.29, 1.82) is 0 Å².